The van der Waals surface area contributed by atoms with Crippen molar-refractivity contribution in [2.24, 2.45) is 23.2 Å². The molecule has 4 nitrogen and oxygen atoms in total. The normalized spacial score (nSPS) is 30.3. The predicted octanol–water partition coefficient (Wildman–Crippen LogP) is 4.27. The lowest BCUT2D eigenvalue weighted by molar-refractivity contribution is -0.146. The molecule has 4 aliphatic carbocycles. The Morgan fingerprint density at radius 2 is 1.75 bits per heavy atom. The fourth-order valence-corrected chi connectivity index (χ4v) is 6.94. The first-order chi connectivity index (χ1) is 13.4. The quantitative estimate of drug-likeness (QED) is 0.548. The van der Waals surface area contributed by atoms with Crippen LogP contribution in [0.15, 0.2) is 23.1 Å². The third kappa shape index (κ3) is 4.56. The number of benzene rings is 1. The van der Waals surface area contributed by atoms with Gasteiger partial charge in [0.2, 0.25) is 0 Å². The number of hydrogen-bond donors (Lipinski definition) is 1. The summed E-state index contributed by atoms with van der Waals surface area (Å²) in [4.78, 5) is 25.3. The van der Waals surface area contributed by atoms with Gasteiger partial charge in [-0.2, -0.15) is 0 Å². The Labute approximate surface area is 172 Å². The zero-order chi connectivity index (χ0) is 19.7. The van der Waals surface area contributed by atoms with Crippen molar-refractivity contribution < 1.29 is 14.3 Å². The average molecular weight is 402 g/mol. The monoisotopic (exact) mass is 401 g/mol. The lowest BCUT2D eigenvalue weighted by Gasteiger charge is -2.56. The van der Waals surface area contributed by atoms with E-state index < -0.39 is 0 Å². The molecule has 4 fully saturated rings. The van der Waals surface area contributed by atoms with Crippen molar-refractivity contribution in [1.82, 2.24) is 5.32 Å². The Kier molecular flexibility index (Phi) is 5.73. The number of nitrogens with one attached hydrogen (secondary N) is 1. The minimum atomic E-state index is -0.338. The van der Waals surface area contributed by atoms with Gasteiger partial charge in [-0.05, 0) is 87.2 Å². The lowest BCUT2D eigenvalue weighted by atomic mass is 9.49. The van der Waals surface area contributed by atoms with Crippen LogP contribution in [0, 0.1) is 37.0 Å². The molecule has 28 heavy (non-hydrogen) atoms. The highest BCUT2D eigenvalue weighted by molar-refractivity contribution is 8.00. The number of esters is 1. The Morgan fingerprint density at radius 1 is 1.11 bits per heavy atom. The van der Waals surface area contributed by atoms with Crippen molar-refractivity contribution in [3.63, 3.8) is 0 Å². The maximum Gasteiger partial charge on any atom is 0.316 e. The van der Waals surface area contributed by atoms with Crippen molar-refractivity contribution in [3.05, 3.63) is 29.3 Å². The molecule has 0 aromatic heterocycles. The molecule has 0 saturated heterocycles. The van der Waals surface area contributed by atoms with Gasteiger partial charge in [-0.25, -0.2) is 0 Å². The Balaban J connectivity index is 1.18. The molecular weight excluding hydrogens is 370 g/mol. The third-order valence-corrected chi connectivity index (χ3v) is 8.01. The summed E-state index contributed by atoms with van der Waals surface area (Å²) in [6, 6.07) is 6.17. The first-order valence-corrected chi connectivity index (χ1v) is 11.5. The molecule has 4 bridgehead atoms. The molecule has 152 valence electrons. The van der Waals surface area contributed by atoms with Crippen LogP contribution in [-0.2, 0) is 14.3 Å². The fourth-order valence-electron chi connectivity index (χ4n) is 6.13. The zero-order valence-corrected chi connectivity index (χ0v) is 17.8. The molecule has 4 saturated carbocycles. The van der Waals surface area contributed by atoms with Crippen molar-refractivity contribution in [3.8, 4) is 0 Å². The Morgan fingerprint density at radius 3 is 2.36 bits per heavy atom. The van der Waals surface area contributed by atoms with E-state index in [0.29, 0.717) is 5.41 Å². The Bertz CT molecular complexity index is 725. The molecule has 5 heteroatoms. The number of carbonyl (C=O) groups is 2. The summed E-state index contributed by atoms with van der Waals surface area (Å²) in [6.45, 7) is 4.68. The third-order valence-electron chi connectivity index (χ3n) is 6.87. The second-order valence-corrected chi connectivity index (χ2v) is 10.4. The zero-order valence-electron chi connectivity index (χ0n) is 17.0. The smallest absolute Gasteiger partial charge is 0.316 e. The number of hydrogen-bond acceptors (Lipinski definition) is 4. The fraction of sp³-hybridized carbons (Fsp3) is 0.652. The van der Waals surface area contributed by atoms with Gasteiger partial charge in [0, 0.05) is 11.4 Å². The number of thioether (sulfide) groups is 1. The molecule has 0 atom stereocenters. The number of carbonyl (C=O) groups excluding carboxylic acids is 2. The lowest BCUT2D eigenvalue weighted by Crippen LogP contribution is -2.51. The van der Waals surface area contributed by atoms with Crippen LogP contribution >= 0.6 is 11.8 Å². The van der Waals surface area contributed by atoms with E-state index in [4.69, 9.17) is 4.74 Å². The number of amides is 1. The average Bonchev–Trinajstić information content (AvgIpc) is 2.63. The van der Waals surface area contributed by atoms with E-state index in [0.717, 1.165) is 34.8 Å². The van der Waals surface area contributed by atoms with Crippen LogP contribution in [-0.4, -0.2) is 30.8 Å². The topological polar surface area (TPSA) is 55.4 Å². The largest absolute Gasteiger partial charge is 0.455 e. The van der Waals surface area contributed by atoms with E-state index in [1.165, 1.54) is 55.9 Å². The van der Waals surface area contributed by atoms with Crippen LogP contribution in [0.3, 0.4) is 0 Å². The standard InChI is InChI=1S/C23H31NO3S/c1-15-3-4-20(16(2)5-15)28-13-22(26)27-12-21(25)24-14-23-9-17-6-18(10-23)8-19(7-17)11-23/h3-5,17-19H,6-14H2,1-2H3,(H,24,25). The van der Waals surface area contributed by atoms with Crippen LogP contribution in [0.1, 0.15) is 49.7 Å². The first-order valence-electron chi connectivity index (χ1n) is 10.5. The van der Waals surface area contributed by atoms with Gasteiger partial charge >= 0.3 is 5.97 Å². The van der Waals surface area contributed by atoms with E-state index in [1.54, 1.807) is 0 Å². The molecule has 0 aliphatic heterocycles. The first kappa shape index (κ1) is 19.8. The van der Waals surface area contributed by atoms with Crippen molar-refractivity contribution in [2.75, 3.05) is 18.9 Å². The second kappa shape index (κ2) is 8.10. The molecule has 1 aromatic carbocycles. The van der Waals surface area contributed by atoms with Gasteiger partial charge in [0.25, 0.3) is 5.91 Å². The summed E-state index contributed by atoms with van der Waals surface area (Å²) in [5.41, 5.74) is 2.68. The highest BCUT2D eigenvalue weighted by atomic mass is 32.2. The maximum atomic E-state index is 12.2. The van der Waals surface area contributed by atoms with E-state index in [1.807, 2.05) is 19.1 Å². The molecule has 0 unspecified atom stereocenters. The summed E-state index contributed by atoms with van der Waals surface area (Å²) in [5, 5.41) is 3.06. The molecule has 1 aromatic rings. The van der Waals surface area contributed by atoms with Gasteiger partial charge in [-0.15, -0.1) is 11.8 Å². The van der Waals surface area contributed by atoms with Gasteiger partial charge in [-0.1, -0.05) is 17.7 Å². The highest BCUT2D eigenvalue weighted by Gasteiger charge is 2.50. The SMILES string of the molecule is Cc1ccc(SCC(=O)OCC(=O)NCC23CC4CC(CC(C4)C2)C3)c(C)c1. The minimum absolute atomic E-state index is 0.166. The van der Waals surface area contributed by atoms with Gasteiger partial charge in [-0.3, -0.25) is 9.59 Å². The van der Waals surface area contributed by atoms with E-state index in [9.17, 15) is 9.59 Å². The molecule has 5 rings (SSSR count). The molecule has 4 aliphatic rings. The summed E-state index contributed by atoms with van der Waals surface area (Å²) < 4.78 is 5.19. The van der Waals surface area contributed by atoms with Crippen LogP contribution < -0.4 is 5.32 Å². The van der Waals surface area contributed by atoms with Gasteiger partial charge in [0.05, 0.1) is 5.75 Å². The molecular formula is C23H31NO3S. The molecule has 0 heterocycles. The van der Waals surface area contributed by atoms with E-state index in [-0.39, 0.29) is 24.2 Å². The molecule has 0 radical (unpaired) electrons. The summed E-state index contributed by atoms with van der Waals surface area (Å²) in [6.07, 6.45) is 8.03. The molecule has 1 amide bonds. The number of aryl methyl sites for hydroxylation is 2. The van der Waals surface area contributed by atoms with Crippen LogP contribution in [0.4, 0.5) is 0 Å². The number of ether oxygens (including phenoxy) is 1. The molecule has 0 spiro atoms. The van der Waals surface area contributed by atoms with E-state index in [2.05, 4.69) is 18.3 Å². The number of rotatable bonds is 7. The maximum absolute atomic E-state index is 12.2. The van der Waals surface area contributed by atoms with Gasteiger partial charge < -0.3 is 10.1 Å². The predicted molar refractivity (Wildman–Crippen MR) is 111 cm³/mol. The summed E-state index contributed by atoms with van der Waals surface area (Å²) in [5.74, 6) is 2.36. The van der Waals surface area contributed by atoms with Crippen molar-refractivity contribution in [1.29, 1.82) is 0 Å². The highest BCUT2D eigenvalue weighted by Crippen LogP contribution is 2.59. The summed E-state index contributed by atoms with van der Waals surface area (Å²) in [7, 11) is 0. The van der Waals surface area contributed by atoms with E-state index >= 15 is 0 Å². The Hall–Kier alpha value is -1.49. The van der Waals surface area contributed by atoms with Crippen LogP contribution in [0.5, 0.6) is 0 Å². The van der Waals surface area contributed by atoms with Gasteiger partial charge in [0.1, 0.15) is 0 Å². The molecule has 1 N–H and O–H groups in total. The van der Waals surface area contributed by atoms with Gasteiger partial charge in [0.15, 0.2) is 6.61 Å². The van der Waals surface area contributed by atoms with Crippen molar-refractivity contribution >= 4 is 23.6 Å². The summed E-state index contributed by atoms with van der Waals surface area (Å²) >= 11 is 1.46. The van der Waals surface area contributed by atoms with Crippen LogP contribution in [0.2, 0.25) is 0 Å². The second-order valence-electron chi connectivity index (χ2n) is 9.41. The van der Waals surface area contributed by atoms with Crippen molar-refractivity contribution in [2.45, 2.75) is 57.3 Å². The van der Waals surface area contributed by atoms with Crippen LogP contribution in [0.25, 0.3) is 0 Å². The minimum Gasteiger partial charge on any atom is -0.455 e.